The van der Waals surface area contributed by atoms with E-state index in [0.717, 1.165) is 0 Å². The van der Waals surface area contributed by atoms with Crippen molar-refractivity contribution < 1.29 is 8.42 Å². The van der Waals surface area contributed by atoms with Crippen LogP contribution >= 0.6 is 11.6 Å². The first-order valence-electron chi connectivity index (χ1n) is 5.79. The highest BCUT2D eigenvalue weighted by Crippen LogP contribution is 2.14. The van der Waals surface area contributed by atoms with Crippen molar-refractivity contribution in [2.45, 2.75) is 11.4 Å². The molecule has 1 N–H and O–H groups in total. The number of pyridine rings is 1. The summed E-state index contributed by atoms with van der Waals surface area (Å²) in [7, 11) is -1.98. The Bertz CT molecular complexity index is 767. The van der Waals surface area contributed by atoms with Crippen molar-refractivity contribution in [1.82, 2.24) is 9.29 Å². The van der Waals surface area contributed by atoms with Crippen molar-refractivity contribution in [3.63, 3.8) is 0 Å². The Morgan fingerprint density at radius 2 is 1.80 bits per heavy atom. The van der Waals surface area contributed by atoms with Crippen LogP contribution in [0, 0.1) is 0 Å². The molecule has 0 saturated heterocycles. The van der Waals surface area contributed by atoms with Crippen LogP contribution in [0.1, 0.15) is 5.56 Å². The van der Waals surface area contributed by atoms with E-state index in [4.69, 9.17) is 11.6 Å². The van der Waals surface area contributed by atoms with Crippen LogP contribution in [0.15, 0.2) is 52.3 Å². The summed E-state index contributed by atoms with van der Waals surface area (Å²) >= 11 is 5.72. The normalized spacial score (nSPS) is 11.5. The highest BCUT2D eigenvalue weighted by atomic mass is 35.5. The topological polar surface area (TPSA) is 68.2 Å². The van der Waals surface area contributed by atoms with E-state index >= 15 is 0 Å². The van der Waals surface area contributed by atoms with E-state index in [1.54, 1.807) is 19.3 Å². The van der Waals surface area contributed by atoms with Crippen LogP contribution in [-0.2, 0) is 23.6 Å². The number of rotatable bonds is 4. The molecule has 0 bridgehead atoms. The number of hydrogen-bond acceptors (Lipinski definition) is 3. The molecule has 2 aromatic rings. The summed E-state index contributed by atoms with van der Waals surface area (Å²) in [4.78, 5) is 11.4. The fraction of sp³-hybridized carbons (Fsp3) is 0.154. The number of hydrogen-bond donors (Lipinski definition) is 1. The van der Waals surface area contributed by atoms with Gasteiger partial charge in [-0.05, 0) is 29.8 Å². The van der Waals surface area contributed by atoms with E-state index in [9.17, 15) is 13.2 Å². The zero-order valence-corrected chi connectivity index (χ0v) is 12.3. The summed E-state index contributed by atoms with van der Waals surface area (Å²) in [5.74, 6) is 0. The molecule has 20 heavy (non-hydrogen) atoms. The van der Waals surface area contributed by atoms with Crippen molar-refractivity contribution in [3.8, 4) is 0 Å². The average molecular weight is 313 g/mol. The molecular weight excluding hydrogens is 300 g/mol. The van der Waals surface area contributed by atoms with Crippen LogP contribution < -0.4 is 10.3 Å². The predicted octanol–water partition coefficient (Wildman–Crippen LogP) is 1.52. The van der Waals surface area contributed by atoms with Gasteiger partial charge in [0.25, 0.3) is 0 Å². The third-order valence-electron chi connectivity index (χ3n) is 2.74. The van der Waals surface area contributed by atoms with Crippen LogP contribution in [-0.4, -0.2) is 13.0 Å². The van der Waals surface area contributed by atoms with Crippen LogP contribution in [0.3, 0.4) is 0 Å². The zero-order valence-electron chi connectivity index (χ0n) is 10.7. The van der Waals surface area contributed by atoms with Gasteiger partial charge < -0.3 is 4.57 Å². The molecule has 0 unspecified atom stereocenters. The Hall–Kier alpha value is -1.63. The van der Waals surface area contributed by atoms with Gasteiger partial charge in [0.2, 0.25) is 15.6 Å². The molecule has 0 saturated carbocycles. The predicted molar refractivity (Wildman–Crippen MR) is 77.2 cm³/mol. The second-order valence-corrected chi connectivity index (χ2v) is 6.47. The lowest BCUT2D eigenvalue weighted by Crippen LogP contribution is -2.24. The fourth-order valence-electron chi connectivity index (χ4n) is 1.63. The number of sulfonamides is 1. The Labute approximate surface area is 121 Å². The van der Waals surface area contributed by atoms with E-state index in [1.165, 1.54) is 34.9 Å². The first kappa shape index (κ1) is 14.8. The number of halogens is 1. The summed E-state index contributed by atoms with van der Waals surface area (Å²) in [6.07, 6.45) is 1.59. The Morgan fingerprint density at radius 1 is 1.15 bits per heavy atom. The van der Waals surface area contributed by atoms with Gasteiger partial charge in [-0.2, -0.15) is 0 Å². The molecular formula is C13H13ClN2O3S. The Morgan fingerprint density at radius 3 is 2.40 bits per heavy atom. The van der Waals surface area contributed by atoms with Gasteiger partial charge in [-0.3, -0.25) is 4.79 Å². The molecule has 7 heteroatoms. The molecule has 0 aliphatic heterocycles. The van der Waals surface area contributed by atoms with Gasteiger partial charge in [0.05, 0.1) is 4.90 Å². The minimum absolute atomic E-state index is 0.110. The summed E-state index contributed by atoms with van der Waals surface area (Å²) in [5.41, 5.74) is 0.555. The molecule has 0 atom stereocenters. The highest BCUT2D eigenvalue weighted by Gasteiger charge is 2.13. The van der Waals surface area contributed by atoms with Crippen molar-refractivity contribution in [2.24, 2.45) is 7.05 Å². The van der Waals surface area contributed by atoms with Gasteiger partial charge in [0.1, 0.15) is 0 Å². The maximum absolute atomic E-state index is 12.0. The standard InChI is InChI=1S/C13H13ClN2O3S/c1-16-9-10(2-7-13(16)17)8-15-20(18,19)12-5-3-11(14)4-6-12/h2-7,9,15H,8H2,1H3. The lowest BCUT2D eigenvalue weighted by atomic mass is 10.3. The van der Waals surface area contributed by atoms with Crippen LogP contribution in [0.5, 0.6) is 0 Å². The van der Waals surface area contributed by atoms with E-state index < -0.39 is 10.0 Å². The van der Waals surface area contributed by atoms with E-state index in [0.29, 0.717) is 10.6 Å². The molecule has 0 amide bonds. The molecule has 2 rings (SSSR count). The Kier molecular flexibility index (Phi) is 4.27. The molecule has 106 valence electrons. The summed E-state index contributed by atoms with van der Waals surface area (Å²) in [6, 6.07) is 8.89. The van der Waals surface area contributed by atoms with Gasteiger partial charge in [-0.1, -0.05) is 17.7 Å². The number of nitrogens with one attached hydrogen (secondary N) is 1. The fourth-order valence-corrected chi connectivity index (χ4v) is 2.78. The lowest BCUT2D eigenvalue weighted by molar-refractivity contribution is 0.581. The summed E-state index contributed by atoms with van der Waals surface area (Å²) < 4.78 is 28.0. The van der Waals surface area contributed by atoms with Gasteiger partial charge in [-0.25, -0.2) is 13.1 Å². The highest BCUT2D eigenvalue weighted by molar-refractivity contribution is 7.89. The van der Waals surface area contributed by atoms with E-state index in [2.05, 4.69) is 4.72 Å². The Balaban J connectivity index is 2.14. The number of aromatic nitrogens is 1. The van der Waals surface area contributed by atoms with Gasteiger partial charge >= 0.3 is 0 Å². The molecule has 0 aliphatic carbocycles. The third kappa shape index (κ3) is 3.47. The van der Waals surface area contributed by atoms with Gasteiger partial charge in [-0.15, -0.1) is 0 Å². The first-order chi connectivity index (χ1) is 9.38. The van der Waals surface area contributed by atoms with Crippen molar-refractivity contribution >= 4 is 21.6 Å². The molecule has 1 aromatic heterocycles. The number of aryl methyl sites for hydroxylation is 1. The number of nitrogens with zero attached hydrogens (tertiary/aromatic N) is 1. The minimum Gasteiger partial charge on any atom is -0.318 e. The maximum Gasteiger partial charge on any atom is 0.250 e. The van der Waals surface area contributed by atoms with Crippen molar-refractivity contribution in [1.29, 1.82) is 0 Å². The smallest absolute Gasteiger partial charge is 0.250 e. The maximum atomic E-state index is 12.0. The van der Waals surface area contributed by atoms with Crippen LogP contribution in [0.25, 0.3) is 0 Å². The largest absolute Gasteiger partial charge is 0.318 e. The first-order valence-corrected chi connectivity index (χ1v) is 7.65. The molecule has 0 fully saturated rings. The van der Waals surface area contributed by atoms with Crippen LogP contribution in [0.2, 0.25) is 5.02 Å². The number of benzene rings is 1. The molecule has 5 nitrogen and oxygen atoms in total. The van der Waals surface area contributed by atoms with Crippen LogP contribution in [0.4, 0.5) is 0 Å². The molecule has 0 aliphatic rings. The van der Waals surface area contributed by atoms with Crippen molar-refractivity contribution in [3.05, 3.63) is 63.5 Å². The monoisotopic (exact) mass is 312 g/mol. The minimum atomic E-state index is -3.59. The van der Waals surface area contributed by atoms with E-state index in [1.807, 2.05) is 0 Å². The van der Waals surface area contributed by atoms with E-state index in [-0.39, 0.29) is 17.0 Å². The zero-order chi connectivity index (χ0) is 14.8. The molecule has 1 aromatic carbocycles. The lowest BCUT2D eigenvalue weighted by Gasteiger charge is -2.07. The SMILES string of the molecule is Cn1cc(CNS(=O)(=O)c2ccc(Cl)cc2)ccc1=O. The quantitative estimate of drug-likeness (QED) is 0.930. The second kappa shape index (κ2) is 5.78. The van der Waals surface area contributed by atoms with Gasteiger partial charge in [0, 0.05) is 30.9 Å². The average Bonchev–Trinajstić information content (AvgIpc) is 2.41. The van der Waals surface area contributed by atoms with Crippen molar-refractivity contribution in [2.75, 3.05) is 0 Å². The summed E-state index contributed by atoms with van der Waals surface area (Å²) in [5, 5.41) is 0.474. The third-order valence-corrected chi connectivity index (χ3v) is 4.41. The molecule has 0 spiro atoms. The van der Waals surface area contributed by atoms with Gasteiger partial charge in [0.15, 0.2) is 0 Å². The second-order valence-electron chi connectivity index (χ2n) is 4.26. The molecule has 0 radical (unpaired) electrons. The molecule has 1 heterocycles. The summed E-state index contributed by atoms with van der Waals surface area (Å²) in [6.45, 7) is 0.110.